The van der Waals surface area contributed by atoms with Gasteiger partial charge in [-0.1, -0.05) is 54.0 Å². The maximum absolute atomic E-state index is 11.7. The second-order valence-corrected chi connectivity index (χ2v) is 16.1. The predicted molar refractivity (Wildman–Crippen MR) is 199 cm³/mol. The first kappa shape index (κ1) is 46.8. The molecule has 0 saturated heterocycles. The summed E-state index contributed by atoms with van der Waals surface area (Å²) in [5, 5.41) is 8.63. The van der Waals surface area contributed by atoms with E-state index in [-0.39, 0.29) is 25.2 Å². The van der Waals surface area contributed by atoms with Gasteiger partial charge in [0.15, 0.2) is 0 Å². The molecule has 1 N–H and O–H groups in total. The van der Waals surface area contributed by atoms with E-state index in [1.165, 1.54) is 14.2 Å². The van der Waals surface area contributed by atoms with E-state index >= 15 is 0 Å². The molecular weight excluding hydrogens is 718 g/mol. The Kier molecular flexibility index (Phi) is 21.3. The van der Waals surface area contributed by atoms with E-state index in [0.29, 0.717) is 12.8 Å². The number of benzene rings is 2. The number of pyridine rings is 1. The fourth-order valence-corrected chi connectivity index (χ4v) is 4.01. The van der Waals surface area contributed by atoms with Crippen LogP contribution in [-0.2, 0) is 53.2 Å². The molecule has 11 nitrogen and oxygen atoms in total. The molecule has 0 atom stereocenters. The second kappa shape index (κ2) is 23.3. The van der Waals surface area contributed by atoms with Crippen molar-refractivity contribution in [2.24, 2.45) is 0 Å². The molecule has 1 aromatic heterocycles. The minimum absolute atomic E-state index is 0.0410. The average Bonchev–Trinajstić information content (AvgIpc) is 3.08. The van der Waals surface area contributed by atoms with Gasteiger partial charge in [0.25, 0.3) is 10.1 Å². The van der Waals surface area contributed by atoms with Crippen molar-refractivity contribution in [2.75, 3.05) is 39.9 Å². The fraction of sp³-hybridized carbons (Fsp3) is 0.378. The zero-order valence-corrected chi connectivity index (χ0v) is 32.5. The second-order valence-electron chi connectivity index (χ2n) is 11.4. The van der Waals surface area contributed by atoms with E-state index in [1.807, 2.05) is 80.6 Å². The highest BCUT2D eigenvalue weighted by Gasteiger charge is 2.31. The van der Waals surface area contributed by atoms with Crippen LogP contribution in [0.3, 0.4) is 0 Å². The van der Waals surface area contributed by atoms with Gasteiger partial charge in [-0.15, -0.1) is 0 Å². The number of nitrogens with zero attached hydrogens (tertiary/aromatic N) is 1. The molecule has 278 valence electrons. The van der Waals surface area contributed by atoms with Crippen molar-refractivity contribution in [1.82, 2.24) is 4.98 Å². The molecular formula is C37H46ClNO10S2. The number of hydrogen-bond donors (Lipinski definition) is 1. The Hall–Kier alpha value is -4.24. The highest BCUT2D eigenvalue weighted by Crippen LogP contribution is 2.25. The van der Waals surface area contributed by atoms with Crippen molar-refractivity contribution in [3.8, 4) is 23.7 Å². The Morgan fingerprint density at radius 1 is 0.725 bits per heavy atom. The van der Waals surface area contributed by atoms with Gasteiger partial charge in [-0.25, -0.2) is 8.42 Å². The SMILES string of the molecule is COC(=O)C(C)(C)c1ccc(C#CCCO)cc1.COC(=O)C(C)(C)c1ccc(C#CCCOS(C)(=O)=O)cc1.CS(=O)(=O)Cl.c1ccncc1. The van der Waals surface area contributed by atoms with Crippen LogP contribution in [0.2, 0.25) is 0 Å². The zero-order valence-electron chi connectivity index (χ0n) is 30.1. The number of carbonyl (C=O) groups is 2. The average molecular weight is 764 g/mol. The summed E-state index contributed by atoms with van der Waals surface area (Å²) in [7, 11) is 0.646. The molecule has 0 spiro atoms. The lowest BCUT2D eigenvalue weighted by Crippen LogP contribution is -2.30. The van der Waals surface area contributed by atoms with Crippen LogP contribution in [0.4, 0.5) is 0 Å². The van der Waals surface area contributed by atoms with Gasteiger partial charge in [0.05, 0.1) is 50.8 Å². The summed E-state index contributed by atoms with van der Waals surface area (Å²) in [6.07, 6.45) is 6.22. The summed E-state index contributed by atoms with van der Waals surface area (Å²) in [6.45, 7) is 7.35. The van der Waals surface area contributed by atoms with E-state index in [0.717, 1.165) is 34.8 Å². The number of carbonyl (C=O) groups excluding carboxylic acids is 2. The number of hydrogen-bond acceptors (Lipinski definition) is 11. The first-order valence-corrected chi connectivity index (χ1v) is 19.8. The fourth-order valence-electron chi connectivity index (χ4n) is 3.63. The maximum Gasteiger partial charge on any atom is 0.315 e. The van der Waals surface area contributed by atoms with Crippen molar-refractivity contribution in [3.63, 3.8) is 0 Å². The summed E-state index contributed by atoms with van der Waals surface area (Å²) < 4.78 is 54.5. The van der Waals surface area contributed by atoms with Crippen LogP contribution in [0.25, 0.3) is 0 Å². The standard InChI is InChI=1S/C16H20O5S.C15H18O3.C5H5N.CH3ClO2S/c1-16(2,15(17)20-3)14-10-8-13(9-11-14)7-5-6-12-21-22(4,18)19;1-15(2,14(17)18-3)13-9-7-12(8-10-13)6-4-5-11-16;1-2-4-6-5-3-1;1-5(2,3)4/h8-11H,6,12H2,1-4H3;7-10,16H,5,11H2,1-3H3;1-5H;1H3. The first-order chi connectivity index (χ1) is 23.7. The zero-order chi connectivity index (χ0) is 39.1. The summed E-state index contributed by atoms with van der Waals surface area (Å²) in [5.74, 6) is 11.0. The molecule has 0 amide bonds. The number of methoxy groups -OCH3 is 2. The van der Waals surface area contributed by atoms with Crippen molar-refractivity contribution < 1.29 is 45.2 Å². The molecule has 2 aromatic carbocycles. The molecule has 0 radical (unpaired) electrons. The third kappa shape index (κ3) is 21.6. The minimum Gasteiger partial charge on any atom is -0.468 e. The van der Waals surface area contributed by atoms with Crippen LogP contribution in [-0.4, -0.2) is 78.8 Å². The van der Waals surface area contributed by atoms with Gasteiger partial charge >= 0.3 is 11.9 Å². The van der Waals surface area contributed by atoms with Crippen molar-refractivity contribution in [3.05, 3.63) is 101 Å². The lowest BCUT2D eigenvalue weighted by atomic mass is 9.84. The summed E-state index contributed by atoms with van der Waals surface area (Å²) in [5.41, 5.74) is 2.00. The molecule has 0 fully saturated rings. The van der Waals surface area contributed by atoms with Gasteiger partial charge < -0.3 is 14.6 Å². The molecule has 1 heterocycles. The number of halogens is 1. The van der Waals surface area contributed by atoms with E-state index in [9.17, 15) is 26.4 Å². The first-order valence-electron chi connectivity index (χ1n) is 15.2. The van der Waals surface area contributed by atoms with Gasteiger partial charge in [0.1, 0.15) is 0 Å². The van der Waals surface area contributed by atoms with Crippen LogP contribution >= 0.6 is 10.7 Å². The smallest absolute Gasteiger partial charge is 0.315 e. The van der Waals surface area contributed by atoms with Crippen LogP contribution in [0.1, 0.15) is 62.8 Å². The topological polar surface area (TPSA) is 163 Å². The predicted octanol–water partition coefficient (Wildman–Crippen LogP) is 4.99. The van der Waals surface area contributed by atoms with Crippen LogP contribution in [0.5, 0.6) is 0 Å². The van der Waals surface area contributed by atoms with Crippen molar-refractivity contribution in [2.45, 2.75) is 51.4 Å². The number of aliphatic hydroxyl groups is 1. The number of esters is 2. The summed E-state index contributed by atoms with van der Waals surface area (Å²) in [6, 6.07) is 20.5. The highest BCUT2D eigenvalue weighted by molar-refractivity contribution is 8.13. The van der Waals surface area contributed by atoms with Crippen molar-refractivity contribution in [1.29, 1.82) is 0 Å². The number of aliphatic hydroxyl groups excluding tert-OH is 1. The lowest BCUT2D eigenvalue weighted by Gasteiger charge is -2.21. The van der Waals surface area contributed by atoms with Crippen LogP contribution in [0.15, 0.2) is 79.1 Å². The van der Waals surface area contributed by atoms with Gasteiger partial charge in [0.2, 0.25) is 9.05 Å². The largest absolute Gasteiger partial charge is 0.468 e. The Morgan fingerprint density at radius 3 is 1.37 bits per heavy atom. The molecule has 3 rings (SSSR count). The number of ether oxygens (including phenoxy) is 2. The number of aromatic nitrogens is 1. The molecule has 0 aliphatic rings. The summed E-state index contributed by atoms with van der Waals surface area (Å²) in [4.78, 5) is 27.2. The Labute approximate surface area is 307 Å². The molecule has 0 unspecified atom stereocenters. The Balaban J connectivity index is 0.000000762. The van der Waals surface area contributed by atoms with E-state index < -0.39 is 30.0 Å². The van der Waals surface area contributed by atoms with E-state index in [4.69, 9.17) is 14.6 Å². The quantitative estimate of drug-likeness (QED) is 0.108. The Bertz CT molecular complexity index is 1800. The third-order valence-electron chi connectivity index (χ3n) is 6.40. The van der Waals surface area contributed by atoms with Crippen LogP contribution < -0.4 is 0 Å². The molecule has 0 aliphatic carbocycles. The van der Waals surface area contributed by atoms with Crippen LogP contribution in [0, 0.1) is 23.7 Å². The van der Waals surface area contributed by atoms with E-state index in [2.05, 4.69) is 43.5 Å². The molecule has 51 heavy (non-hydrogen) atoms. The maximum atomic E-state index is 11.7. The minimum atomic E-state index is -3.41. The normalized spacial score (nSPS) is 10.7. The van der Waals surface area contributed by atoms with E-state index in [1.54, 1.807) is 26.2 Å². The van der Waals surface area contributed by atoms with Gasteiger partial charge in [-0.3, -0.25) is 18.8 Å². The lowest BCUT2D eigenvalue weighted by molar-refractivity contribution is -0.147. The molecule has 0 saturated carbocycles. The summed E-state index contributed by atoms with van der Waals surface area (Å²) >= 11 is 0. The molecule has 14 heteroatoms. The van der Waals surface area contributed by atoms with Gasteiger partial charge in [-0.2, -0.15) is 8.42 Å². The third-order valence-corrected chi connectivity index (χ3v) is 6.99. The Morgan fingerprint density at radius 2 is 1.10 bits per heavy atom. The molecule has 3 aromatic rings. The monoisotopic (exact) mass is 763 g/mol. The van der Waals surface area contributed by atoms with Gasteiger partial charge in [0, 0.05) is 47.0 Å². The number of rotatable bonds is 8. The van der Waals surface area contributed by atoms with Crippen molar-refractivity contribution >= 4 is 41.8 Å². The van der Waals surface area contributed by atoms with Gasteiger partial charge in [-0.05, 0) is 75.2 Å². The molecule has 0 bridgehead atoms. The molecule has 0 aliphatic heterocycles. The highest BCUT2D eigenvalue weighted by atomic mass is 35.7.